The van der Waals surface area contributed by atoms with Crippen LogP contribution in [-0.2, 0) is 5.60 Å². The molecule has 0 spiro atoms. The zero-order chi connectivity index (χ0) is 14.0. The lowest BCUT2D eigenvalue weighted by Crippen LogP contribution is -2.23. The van der Waals surface area contributed by atoms with Gasteiger partial charge < -0.3 is 5.11 Å². The van der Waals surface area contributed by atoms with Crippen molar-refractivity contribution >= 4 is 0 Å². The van der Waals surface area contributed by atoms with Crippen molar-refractivity contribution in [1.82, 2.24) is 0 Å². The van der Waals surface area contributed by atoms with Gasteiger partial charge >= 0.3 is 0 Å². The zero-order valence-corrected chi connectivity index (χ0v) is 10.2. The molecule has 0 aliphatic heterocycles. The van der Waals surface area contributed by atoms with E-state index < -0.39 is 17.2 Å². The number of halogens is 2. The maximum absolute atomic E-state index is 13.2. The highest BCUT2D eigenvalue weighted by atomic mass is 19.1. The minimum atomic E-state index is -1.57. The van der Waals surface area contributed by atoms with Crippen LogP contribution in [0.5, 0.6) is 0 Å². The minimum Gasteiger partial charge on any atom is -0.381 e. The van der Waals surface area contributed by atoms with Gasteiger partial charge in [-0.15, -0.1) is 0 Å². The summed E-state index contributed by atoms with van der Waals surface area (Å²) < 4.78 is 26.4. The van der Waals surface area contributed by atoms with Crippen LogP contribution in [0.4, 0.5) is 8.78 Å². The maximum atomic E-state index is 13.2. The second-order valence-corrected chi connectivity index (χ2v) is 4.42. The molecule has 0 aliphatic carbocycles. The zero-order valence-electron chi connectivity index (χ0n) is 10.2. The number of hydrogen-bond donors (Lipinski definition) is 1. The first kappa shape index (κ1) is 13.2. The van der Waals surface area contributed by atoms with Gasteiger partial charge in [0.2, 0.25) is 0 Å². The summed E-state index contributed by atoms with van der Waals surface area (Å²) in [5, 5.41) is 19.3. The predicted molar refractivity (Wildman–Crippen MR) is 66.2 cm³/mol. The Labute approximate surface area is 109 Å². The van der Waals surface area contributed by atoms with Gasteiger partial charge in [-0.2, -0.15) is 5.26 Å². The normalized spacial score (nSPS) is 13.6. The molecular weight excluding hydrogens is 248 g/mol. The highest BCUT2D eigenvalue weighted by Gasteiger charge is 2.27. The van der Waals surface area contributed by atoms with E-state index in [2.05, 4.69) is 0 Å². The number of nitriles is 1. The molecule has 1 atom stereocenters. The van der Waals surface area contributed by atoms with Crippen LogP contribution in [0.3, 0.4) is 0 Å². The molecule has 0 saturated carbocycles. The summed E-state index contributed by atoms with van der Waals surface area (Å²) in [6.07, 6.45) is 0. The summed E-state index contributed by atoms with van der Waals surface area (Å²) >= 11 is 0. The van der Waals surface area contributed by atoms with Crippen molar-refractivity contribution in [2.24, 2.45) is 0 Å². The average Bonchev–Trinajstić information content (AvgIpc) is 2.37. The molecule has 2 aromatic carbocycles. The summed E-state index contributed by atoms with van der Waals surface area (Å²) in [5.74, 6) is -1.52. The molecule has 4 heteroatoms. The molecule has 0 heterocycles. The summed E-state index contributed by atoms with van der Waals surface area (Å²) in [5.41, 5.74) is -0.707. The molecule has 0 saturated heterocycles. The van der Waals surface area contributed by atoms with Gasteiger partial charge in [-0.3, -0.25) is 0 Å². The van der Waals surface area contributed by atoms with E-state index in [1.54, 1.807) is 18.2 Å². The fraction of sp³-hybridized carbons (Fsp3) is 0.133. The van der Waals surface area contributed by atoms with Crippen molar-refractivity contribution in [1.29, 1.82) is 5.26 Å². The van der Waals surface area contributed by atoms with Crippen molar-refractivity contribution < 1.29 is 13.9 Å². The largest absolute Gasteiger partial charge is 0.381 e. The Morgan fingerprint density at radius 3 is 2.26 bits per heavy atom. The fourth-order valence-corrected chi connectivity index (χ4v) is 1.89. The van der Waals surface area contributed by atoms with Crippen molar-refractivity contribution in [3.05, 3.63) is 70.8 Å². The predicted octanol–water partition coefficient (Wildman–Crippen LogP) is 3.09. The monoisotopic (exact) mass is 259 g/mol. The SMILES string of the molecule is CC(O)(c1cc(F)cc(F)c1)c1cccc(C#N)c1. The molecule has 96 valence electrons. The number of aliphatic hydroxyl groups is 1. The average molecular weight is 259 g/mol. The Bertz CT molecular complexity index is 639. The Hall–Kier alpha value is -2.25. The van der Waals surface area contributed by atoms with Crippen LogP contribution in [0, 0.1) is 23.0 Å². The number of hydrogen-bond acceptors (Lipinski definition) is 2. The summed E-state index contributed by atoms with van der Waals surface area (Å²) in [7, 11) is 0. The molecule has 0 aliphatic rings. The van der Waals surface area contributed by atoms with Crippen LogP contribution in [0.15, 0.2) is 42.5 Å². The minimum absolute atomic E-state index is 0.0973. The maximum Gasteiger partial charge on any atom is 0.126 e. The van der Waals surface area contributed by atoms with E-state index in [-0.39, 0.29) is 5.56 Å². The van der Waals surface area contributed by atoms with Crippen LogP contribution in [0.1, 0.15) is 23.6 Å². The smallest absolute Gasteiger partial charge is 0.126 e. The molecule has 1 N–H and O–H groups in total. The first-order chi connectivity index (χ1) is 8.93. The van der Waals surface area contributed by atoms with Crippen LogP contribution >= 0.6 is 0 Å². The van der Waals surface area contributed by atoms with Gasteiger partial charge in [0.15, 0.2) is 0 Å². The summed E-state index contributed by atoms with van der Waals surface area (Å²) in [6, 6.07) is 11.1. The topological polar surface area (TPSA) is 44.0 Å². The third kappa shape index (κ3) is 2.61. The Morgan fingerprint density at radius 1 is 1.05 bits per heavy atom. The molecule has 2 rings (SSSR count). The number of rotatable bonds is 2. The molecule has 2 aromatic rings. The molecule has 1 unspecified atom stereocenters. The van der Waals surface area contributed by atoms with Gasteiger partial charge in [-0.1, -0.05) is 12.1 Å². The van der Waals surface area contributed by atoms with Crippen LogP contribution < -0.4 is 0 Å². The standard InChI is InChI=1S/C15H11F2NO/c1-15(19,11-4-2-3-10(5-11)9-18)12-6-13(16)8-14(17)7-12/h2-8,19H,1H3. The van der Waals surface area contributed by atoms with Crippen molar-refractivity contribution in [2.75, 3.05) is 0 Å². The van der Waals surface area contributed by atoms with Gasteiger partial charge in [0.05, 0.1) is 11.6 Å². The third-order valence-corrected chi connectivity index (χ3v) is 2.98. The molecule has 0 fully saturated rings. The molecule has 0 bridgehead atoms. The second-order valence-electron chi connectivity index (χ2n) is 4.42. The van der Waals surface area contributed by atoms with Gasteiger partial charge in [0.1, 0.15) is 17.2 Å². The molecular formula is C15H11F2NO. The fourth-order valence-electron chi connectivity index (χ4n) is 1.89. The van der Waals surface area contributed by atoms with E-state index in [4.69, 9.17) is 5.26 Å². The van der Waals surface area contributed by atoms with Gasteiger partial charge in [-0.25, -0.2) is 8.78 Å². The van der Waals surface area contributed by atoms with E-state index in [0.717, 1.165) is 18.2 Å². The van der Waals surface area contributed by atoms with Crippen LogP contribution in [-0.4, -0.2) is 5.11 Å². The molecule has 0 radical (unpaired) electrons. The van der Waals surface area contributed by atoms with Gasteiger partial charge in [0.25, 0.3) is 0 Å². The first-order valence-electron chi connectivity index (χ1n) is 5.63. The van der Waals surface area contributed by atoms with Crippen molar-refractivity contribution in [3.8, 4) is 6.07 Å². The van der Waals surface area contributed by atoms with E-state index in [1.165, 1.54) is 13.0 Å². The van der Waals surface area contributed by atoms with Crippen LogP contribution in [0.2, 0.25) is 0 Å². The summed E-state index contributed by atoms with van der Waals surface area (Å²) in [4.78, 5) is 0. The Kier molecular flexibility index (Phi) is 3.32. The molecule has 0 aromatic heterocycles. The lowest BCUT2D eigenvalue weighted by atomic mass is 9.87. The number of benzene rings is 2. The highest BCUT2D eigenvalue weighted by Crippen LogP contribution is 2.30. The first-order valence-corrected chi connectivity index (χ1v) is 5.63. The molecule has 0 amide bonds. The molecule has 19 heavy (non-hydrogen) atoms. The van der Waals surface area contributed by atoms with Crippen molar-refractivity contribution in [2.45, 2.75) is 12.5 Å². The van der Waals surface area contributed by atoms with E-state index in [1.807, 2.05) is 6.07 Å². The van der Waals surface area contributed by atoms with E-state index in [9.17, 15) is 13.9 Å². The molecule has 2 nitrogen and oxygen atoms in total. The Morgan fingerprint density at radius 2 is 1.68 bits per heavy atom. The highest BCUT2D eigenvalue weighted by molar-refractivity contribution is 5.40. The van der Waals surface area contributed by atoms with Crippen molar-refractivity contribution in [3.63, 3.8) is 0 Å². The number of nitrogens with zero attached hydrogens (tertiary/aromatic N) is 1. The van der Waals surface area contributed by atoms with Gasteiger partial charge in [-0.05, 0) is 42.3 Å². The lowest BCUT2D eigenvalue weighted by molar-refractivity contribution is 0.101. The van der Waals surface area contributed by atoms with E-state index >= 15 is 0 Å². The van der Waals surface area contributed by atoms with Crippen LogP contribution in [0.25, 0.3) is 0 Å². The second kappa shape index (κ2) is 4.79. The quantitative estimate of drug-likeness (QED) is 0.900. The third-order valence-electron chi connectivity index (χ3n) is 2.98. The van der Waals surface area contributed by atoms with Gasteiger partial charge in [0, 0.05) is 6.07 Å². The summed E-state index contributed by atoms with van der Waals surface area (Å²) in [6.45, 7) is 1.43. The lowest BCUT2D eigenvalue weighted by Gasteiger charge is -2.24. The Balaban J connectivity index is 2.54. The van der Waals surface area contributed by atoms with E-state index in [0.29, 0.717) is 11.1 Å².